The fraction of sp³-hybridized carbons (Fsp3) is 0.263. The molecular formula is C19H21N5O3S. The lowest BCUT2D eigenvalue weighted by Gasteiger charge is -2.10. The van der Waals surface area contributed by atoms with Crippen molar-refractivity contribution in [1.82, 2.24) is 14.2 Å². The fourth-order valence-electron chi connectivity index (χ4n) is 2.63. The van der Waals surface area contributed by atoms with Gasteiger partial charge < -0.3 is 15.4 Å². The summed E-state index contributed by atoms with van der Waals surface area (Å²) >= 11 is 1.17. The highest BCUT2D eigenvalue weighted by atomic mass is 32.1. The maximum absolute atomic E-state index is 12.3. The van der Waals surface area contributed by atoms with Crippen LogP contribution in [0.25, 0.3) is 5.69 Å². The monoisotopic (exact) mass is 399 g/mol. The van der Waals surface area contributed by atoms with Crippen LogP contribution in [0.3, 0.4) is 0 Å². The van der Waals surface area contributed by atoms with Crippen LogP contribution in [0.1, 0.15) is 27.3 Å². The van der Waals surface area contributed by atoms with E-state index in [9.17, 15) is 9.59 Å². The highest BCUT2D eigenvalue weighted by molar-refractivity contribution is 7.10. The van der Waals surface area contributed by atoms with Crippen LogP contribution >= 0.6 is 11.5 Å². The molecule has 0 unspecified atom stereocenters. The number of aryl methyl sites for hydroxylation is 3. The second kappa shape index (κ2) is 8.22. The molecule has 2 N–H and O–H groups in total. The van der Waals surface area contributed by atoms with Crippen molar-refractivity contribution in [2.45, 2.75) is 20.8 Å². The first-order valence-electron chi connectivity index (χ1n) is 8.63. The van der Waals surface area contributed by atoms with Gasteiger partial charge in [0.15, 0.2) is 6.61 Å². The predicted molar refractivity (Wildman–Crippen MR) is 108 cm³/mol. The van der Waals surface area contributed by atoms with E-state index in [-0.39, 0.29) is 0 Å². The Bertz CT molecular complexity index is 1010. The van der Waals surface area contributed by atoms with Crippen molar-refractivity contribution in [1.29, 1.82) is 0 Å². The molecule has 0 aliphatic carbocycles. The summed E-state index contributed by atoms with van der Waals surface area (Å²) in [7, 11) is 1.70. The Kier molecular flexibility index (Phi) is 5.74. The summed E-state index contributed by atoms with van der Waals surface area (Å²) in [6.07, 6.45) is 0. The van der Waals surface area contributed by atoms with Crippen molar-refractivity contribution in [2.24, 2.45) is 0 Å². The van der Waals surface area contributed by atoms with Gasteiger partial charge in [-0.05, 0) is 44.4 Å². The molecule has 0 radical (unpaired) electrons. The van der Waals surface area contributed by atoms with Crippen molar-refractivity contribution < 1.29 is 14.3 Å². The van der Waals surface area contributed by atoms with E-state index < -0.39 is 18.5 Å². The minimum absolute atomic E-state index is 0.348. The molecule has 1 aromatic carbocycles. The number of carbonyl (C=O) groups is 2. The maximum atomic E-state index is 12.3. The van der Waals surface area contributed by atoms with Crippen molar-refractivity contribution in [3.05, 3.63) is 52.8 Å². The summed E-state index contributed by atoms with van der Waals surface area (Å²) in [6.45, 7) is 5.15. The van der Waals surface area contributed by atoms with Crippen molar-refractivity contribution in [3.63, 3.8) is 0 Å². The lowest BCUT2D eigenvalue weighted by molar-refractivity contribution is -0.119. The van der Waals surface area contributed by atoms with Crippen LogP contribution in [0, 0.1) is 20.8 Å². The van der Waals surface area contributed by atoms with Crippen molar-refractivity contribution in [3.8, 4) is 5.69 Å². The molecule has 3 aromatic rings. The van der Waals surface area contributed by atoms with E-state index >= 15 is 0 Å². The number of carbonyl (C=O) groups excluding carboxylic acids is 2. The topological polar surface area (TPSA) is 98.1 Å². The van der Waals surface area contributed by atoms with Crippen molar-refractivity contribution in [2.75, 3.05) is 24.3 Å². The van der Waals surface area contributed by atoms with Crippen LogP contribution in [0.15, 0.2) is 30.3 Å². The Balaban J connectivity index is 1.68. The fourth-order valence-corrected chi connectivity index (χ4v) is 3.37. The van der Waals surface area contributed by atoms with Gasteiger partial charge in [0, 0.05) is 13.1 Å². The molecule has 0 saturated carbocycles. The smallest absolute Gasteiger partial charge is 0.343 e. The molecule has 2 heterocycles. The van der Waals surface area contributed by atoms with Gasteiger partial charge in [-0.2, -0.15) is 9.47 Å². The summed E-state index contributed by atoms with van der Waals surface area (Å²) in [5, 5.41) is 10.7. The van der Waals surface area contributed by atoms with Gasteiger partial charge in [0.05, 0.1) is 17.1 Å². The van der Waals surface area contributed by atoms with Crippen LogP contribution in [0.5, 0.6) is 0 Å². The summed E-state index contributed by atoms with van der Waals surface area (Å²) < 4.78 is 10.9. The molecule has 146 valence electrons. The van der Waals surface area contributed by atoms with E-state index in [2.05, 4.69) is 20.1 Å². The number of amides is 1. The Morgan fingerprint density at radius 3 is 2.57 bits per heavy atom. The Morgan fingerprint density at radius 2 is 1.89 bits per heavy atom. The van der Waals surface area contributed by atoms with E-state index in [1.165, 1.54) is 11.5 Å². The van der Waals surface area contributed by atoms with Gasteiger partial charge in [-0.1, -0.05) is 17.7 Å². The first-order valence-corrected chi connectivity index (χ1v) is 9.41. The number of ether oxygens (including phenoxy) is 1. The van der Waals surface area contributed by atoms with E-state index in [0.717, 1.165) is 16.9 Å². The Morgan fingerprint density at radius 1 is 1.18 bits per heavy atom. The molecular weight excluding hydrogens is 378 g/mol. The van der Waals surface area contributed by atoms with Crippen LogP contribution in [0.2, 0.25) is 0 Å². The third-order valence-corrected chi connectivity index (χ3v) is 4.96. The SMILES string of the molecule is CNc1snc(C)c1C(=O)OCC(=O)Nc1cc(C)nn1-c1ccc(C)cc1. The zero-order valence-electron chi connectivity index (χ0n) is 16.1. The quantitative estimate of drug-likeness (QED) is 0.618. The molecule has 0 bridgehead atoms. The predicted octanol–water partition coefficient (Wildman–Crippen LogP) is 3.09. The van der Waals surface area contributed by atoms with Gasteiger partial charge in [0.1, 0.15) is 16.4 Å². The molecule has 8 nitrogen and oxygen atoms in total. The third-order valence-electron chi connectivity index (χ3n) is 4.01. The van der Waals surface area contributed by atoms with Gasteiger partial charge in [-0.3, -0.25) is 4.79 Å². The first kappa shape index (κ1) is 19.6. The molecule has 28 heavy (non-hydrogen) atoms. The highest BCUT2D eigenvalue weighted by Gasteiger charge is 2.20. The minimum atomic E-state index is -0.589. The zero-order valence-corrected chi connectivity index (χ0v) is 16.9. The Labute approximate surface area is 166 Å². The summed E-state index contributed by atoms with van der Waals surface area (Å²) in [6, 6.07) is 9.53. The number of aromatic nitrogens is 3. The summed E-state index contributed by atoms with van der Waals surface area (Å²) in [4.78, 5) is 24.6. The lowest BCUT2D eigenvalue weighted by Crippen LogP contribution is -2.22. The van der Waals surface area contributed by atoms with Crippen LogP contribution in [-0.4, -0.2) is 39.7 Å². The molecule has 0 aliphatic heterocycles. The molecule has 2 aromatic heterocycles. The standard InChI is InChI=1S/C19H21N5O3S/c1-11-5-7-14(8-6-11)24-15(9-12(2)22-24)21-16(25)10-27-19(26)17-13(3)23-28-18(17)20-4/h5-9,20H,10H2,1-4H3,(H,21,25). The second-order valence-corrected chi connectivity index (χ2v) is 7.04. The number of benzene rings is 1. The maximum Gasteiger partial charge on any atom is 0.343 e. The molecule has 1 amide bonds. The average Bonchev–Trinajstić information content (AvgIpc) is 3.22. The lowest BCUT2D eigenvalue weighted by atomic mass is 10.2. The van der Waals surface area contributed by atoms with Gasteiger partial charge in [0.25, 0.3) is 5.91 Å². The second-order valence-electron chi connectivity index (χ2n) is 6.26. The number of hydrogen-bond donors (Lipinski definition) is 2. The largest absolute Gasteiger partial charge is 0.452 e. The minimum Gasteiger partial charge on any atom is -0.452 e. The normalized spacial score (nSPS) is 10.6. The van der Waals surface area contributed by atoms with Crippen LogP contribution in [-0.2, 0) is 9.53 Å². The molecule has 0 spiro atoms. The summed E-state index contributed by atoms with van der Waals surface area (Å²) in [5.41, 5.74) is 3.62. The highest BCUT2D eigenvalue weighted by Crippen LogP contribution is 2.24. The number of hydrogen-bond acceptors (Lipinski definition) is 7. The van der Waals surface area contributed by atoms with E-state index in [0.29, 0.717) is 22.1 Å². The number of anilines is 2. The number of rotatable bonds is 6. The third kappa shape index (κ3) is 4.20. The summed E-state index contributed by atoms with van der Waals surface area (Å²) in [5.74, 6) is -0.533. The first-order chi connectivity index (χ1) is 13.4. The molecule has 0 saturated heterocycles. The molecule has 3 rings (SSSR count). The number of nitrogens with one attached hydrogen (secondary N) is 2. The van der Waals surface area contributed by atoms with Crippen LogP contribution in [0.4, 0.5) is 10.8 Å². The number of esters is 1. The van der Waals surface area contributed by atoms with Crippen LogP contribution < -0.4 is 10.6 Å². The van der Waals surface area contributed by atoms with Crippen molar-refractivity contribution >= 4 is 34.2 Å². The van der Waals surface area contributed by atoms with Gasteiger partial charge in [-0.15, -0.1) is 0 Å². The number of nitrogens with zero attached hydrogens (tertiary/aromatic N) is 3. The average molecular weight is 399 g/mol. The van der Waals surface area contributed by atoms with Gasteiger partial charge in [0.2, 0.25) is 0 Å². The van der Waals surface area contributed by atoms with Gasteiger partial charge >= 0.3 is 5.97 Å². The Hall–Kier alpha value is -3.20. The molecule has 0 fully saturated rings. The van der Waals surface area contributed by atoms with E-state index in [4.69, 9.17) is 4.74 Å². The zero-order chi connectivity index (χ0) is 20.3. The molecule has 0 aliphatic rings. The van der Waals surface area contributed by atoms with E-state index in [1.54, 1.807) is 24.7 Å². The van der Waals surface area contributed by atoms with Gasteiger partial charge in [-0.25, -0.2) is 9.48 Å². The molecule has 9 heteroatoms. The molecule has 0 atom stereocenters. The van der Waals surface area contributed by atoms with E-state index in [1.807, 2.05) is 38.1 Å².